The maximum atomic E-state index is 13.4. The van der Waals surface area contributed by atoms with E-state index >= 15 is 0 Å². The van der Waals surface area contributed by atoms with Crippen molar-refractivity contribution >= 4 is 17.5 Å². The van der Waals surface area contributed by atoms with E-state index in [9.17, 15) is 9.18 Å². The summed E-state index contributed by atoms with van der Waals surface area (Å²) >= 11 is 6.05. The molecule has 0 radical (unpaired) electrons. The van der Waals surface area contributed by atoms with Crippen molar-refractivity contribution in [2.75, 3.05) is 27.3 Å². The molecule has 0 spiro atoms. The fourth-order valence-electron chi connectivity index (χ4n) is 4.25. The summed E-state index contributed by atoms with van der Waals surface area (Å²) in [6.45, 7) is 1.82. The van der Waals surface area contributed by atoms with Crippen LogP contribution in [-0.2, 0) is 13.0 Å². The Kier molecular flexibility index (Phi) is 7.16. The van der Waals surface area contributed by atoms with E-state index < -0.39 is 0 Å². The number of halogens is 2. The molecule has 0 aliphatic carbocycles. The molecular formula is C26H26ClFN2O3. The molecule has 0 unspecified atom stereocenters. The molecule has 3 aromatic carbocycles. The monoisotopic (exact) mass is 468 g/mol. The number of methoxy groups -OCH3 is 2. The first kappa shape index (κ1) is 23.1. The number of hydrogen-bond donors (Lipinski definition) is 1. The molecular weight excluding hydrogens is 443 g/mol. The average molecular weight is 469 g/mol. The summed E-state index contributed by atoms with van der Waals surface area (Å²) in [4.78, 5) is 15.1. The van der Waals surface area contributed by atoms with Crippen LogP contribution in [0.2, 0.25) is 5.02 Å². The Morgan fingerprint density at radius 2 is 1.82 bits per heavy atom. The van der Waals surface area contributed by atoms with Crippen LogP contribution in [0.4, 0.5) is 4.39 Å². The fraction of sp³-hybridized carbons (Fsp3) is 0.269. The van der Waals surface area contributed by atoms with E-state index in [-0.39, 0.29) is 17.8 Å². The summed E-state index contributed by atoms with van der Waals surface area (Å²) in [6, 6.07) is 17.3. The van der Waals surface area contributed by atoms with Gasteiger partial charge in [0.05, 0.1) is 20.3 Å². The highest BCUT2D eigenvalue weighted by atomic mass is 35.5. The number of carbonyl (C=O) groups is 1. The molecule has 4 rings (SSSR count). The van der Waals surface area contributed by atoms with Crippen LogP contribution in [0.1, 0.15) is 33.1 Å². The van der Waals surface area contributed by atoms with Crippen LogP contribution in [0.25, 0.3) is 0 Å². The number of ether oxygens (including phenoxy) is 2. The van der Waals surface area contributed by atoms with E-state index in [1.807, 2.05) is 12.1 Å². The Balaban J connectivity index is 1.62. The Morgan fingerprint density at radius 3 is 2.52 bits per heavy atom. The maximum absolute atomic E-state index is 13.4. The van der Waals surface area contributed by atoms with Crippen LogP contribution >= 0.6 is 11.6 Å². The smallest absolute Gasteiger partial charge is 0.251 e. The fourth-order valence-corrected chi connectivity index (χ4v) is 4.44. The highest BCUT2D eigenvalue weighted by molar-refractivity contribution is 6.30. The van der Waals surface area contributed by atoms with Crippen molar-refractivity contribution < 1.29 is 18.7 Å². The minimum Gasteiger partial charge on any atom is -0.493 e. The van der Waals surface area contributed by atoms with Gasteiger partial charge >= 0.3 is 0 Å². The van der Waals surface area contributed by atoms with Crippen molar-refractivity contribution in [1.82, 2.24) is 10.2 Å². The molecule has 1 atom stereocenters. The molecule has 0 aromatic heterocycles. The molecule has 0 saturated heterocycles. The van der Waals surface area contributed by atoms with Gasteiger partial charge in [0.15, 0.2) is 11.5 Å². The normalized spacial score (nSPS) is 15.6. The second kappa shape index (κ2) is 10.2. The van der Waals surface area contributed by atoms with Gasteiger partial charge in [0.1, 0.15) is 5.82 Å². The van der Waals surface area contributed by atoms with Crippen molar-refractivity contribution in [1.29, 1.82) is 0 Å². The third kappa shape index (κ3) is 5.29. The molecule has 5 nitrogen and oxygen atoms in total. The summed E-state index contributed by atoms with van der Waals surface area (Å²) in [5.74, 6) is 0.882. The first-order valence-corrected chi connectivity index (χ1v) is 11.1. The summed E-state index contributed by atoms with van der Waals surface area (Å²) in [6.07, 6.45) is 0.829. The van der Waals surface area contributed by atoms with Gasteiger partial charge in [0, 0.05) is 30.2 Å². The van der Waals surface area contributed by atoms with Crippen LogP contribution in [0.3, 0.4) is 0 Å². The third-order valence-electron chi connectivity index (χ3n) is 5.96. The lowest BCUT2D eigenvalue weighted by Crippen LogP contribution is -2.41. The number of nitrogens with zero attached hydrogens (tertiary/aromatic N) is 1. The van der Waals surface area contributed by atoms with Gasteiger partial charge in [0.2, 0.25) is 0 Å². The molecule has 7 heteroatoms. The zero-order valence-corrected chi connectivity index (χ0v) is 19.4. The highest BCUT2D eigenvalue weighted by Gasteiger charge is 2.29. The number of hydrogen-bond acceptors (Lipinski definition) is 4. The molecule has 0 saturated carbocycles. The van der Waals surface area contributed by atoms with Gasteiger partial charge in [-0.3, -0.25) is 9.69 Å². The zero-order chi connectivity index (χ0) is 23.4. The molecule has 1 aliphatic heterocycles. The molecule has 1 amide bonds. The molecule has 0 fully saturated rings. The van der Waals surface area contributed by atoms with Gasteiger partial charge in [-0.25, -0.2) is 4.39 Å². The van der Waals surface area contributed by atoms with Crippen molar-refractivity contribution in [3.05, 3.63) is 93.8 Å². The Hall–Kier alpha value is -3.09. The first-order valence-electron chi connectivity index (χ1n) is 10.8. The van der Waals surface area contributed by atoms with Gasteiger partial charge in [-0.1, -0.05) is 29.8 Å². The summed E-state index contributed by atoms with van der Waals surface area (Å²) in [5.41, 5.74) is 3.75. The molecule has 0 bridgehead atoms. The van der Waals surface area contributed by atoms with Crippen molar-refractivity contribution in [3.63, 3.8) is 0 Å². The molecule has 172 valence electrons. The predicted molar refractivity (Wildman–Crippen MR) is 127 cm³/mol. The van der Waals surface area contributed by atoms with Crippen LogP contribution in [-0.4, -0.2) is 38.1 Å². The maximum Gasteiger partial charge on any atom is 0.251 e. The Morgan fingerprint density at radius 1 is 1.09 bits per heavy atom. The second-order valence-electron chi connectivity index (χ2n) is 7.99. The SMILES string of the molecule is COc1cc2c(cc1OC)[C@H](CNC(=O)c1cccc(Cl)c1)N(Cc1ccc(F)cc1)CC2. The molecule has 1 aliphatic rings. The molecule has 3 aromatic rings. The van der Waals surface area contributed by atoms with Crippen molar-refractivity contribution in [2.24, 2.45) is 0 Å². The first-order chi connectivity index (χ1) is 16.0. The summed E-state index contributed by atoms with van der Waals surface area (Å²) < 4.78 is 24.4. The van der Waals surface area contributed by atoms with E-state index in [2.05, 4.69) is 10.2 Å². The van der Waals surface area contributed by atoms with Crippen molar-refractivity contribution in [2.45, 2.75) is 19.0 Å². The topological polar surface area (TPSA) is 50.8 Å². The molecule has 1 heterocycles. The number of fused-ring (bicyclic) bond motifs is 1. The average Bonchev–Trinajstić information content (AvgIpc) is 2.83. The number of amides is 1. The quantitative estimate of drug-likeness (QED) is 0.528. The number of nitrogens with one attached hydrogen (secondary N) is 1. The van der Waals surface area contributed by atoms with E-state index in [1.54, 1.807) is 50.6 Å². The Labute approximate surface area is 198 Å². The predicted octanol–water partition coefficient (Wildman–Crippen LogP) is 5.03. The number of carbonyl (C=O) groups excluding carboxylic acids is 1. The van der Waals surface area contributed by atoms with E-state index in [4.69, 9.17) is 21.1 Å². The van der Waals surface area contributed by atoms with Crippen LogP contribution in [0.15, 0.2) is 60.7 Å². The largest absolute Gasteiger partial charge is 0.493 e. The van der Waals surface area contributed by atoms with Crippen LogP contribution < -0.4 is 14.8 Å². The Bertz CT molecular complexity index is 1140. The van der Waals surface area contributed by atoms with Gasteiger partial charge in [-0.05, 0) is 65.6 Å². The lowest BCUT2D eigenvalue weighted by Gasteiger charge is -2.38. The highest BCUT2D eigenvalue weighted by Crippen LogP contribution is 2.38. The zero-order valence-electron chi connectivity index (χ0n) is 18.6. The summed E-state index contributed by atoms with van der Waals surface area (Å²) in [7, 11) is 3.23. The molecule has 33 heavy (non-hydrogen) atoms. The van der Waals surface area contributed by atoms with Crippen LogP contribution in [0.5, 0.6) is 11.5 Å². The number of rotatable bonds is 7. The van der Waals surface area contributed by atoms with Gasteiger partial charge < -0.3 is 14.8 Å². The van der Waals surface area contributed by atoms with Gasteiger partial charge in [0.25, 0.3) is 5.91 Å². The lowest BCUT2D eigenvalue weighted by atomic mass is 9.91. The minimum absolute atomic E-state index is 0.0956. The van der Waals surface area contributed by atoms with E-state index in [0.29, 0.717) is 35.2 Å². The number of benzene rings is 3. The van der Waals surface area contributed by atoms with Crippen LogP contribution in [0, 0.1) is 5.82 Å². The lowest BCUT2D eigenvalue weighted by molar-refractivity contribution is 0.0925. The van der Waals surface area contributed by atoms with Crippen molar-refractivity contribution in [3.8, 4) is 11.5 Å². The van der Waals surface area contributed by atoms with E-state index in [0.717, 1.165) is 29.7 Å². The van der Waals surface area contributed by atoms with Gasteiger partial charge in [-0.15, -0.1) is 0 Å². The minimum atomic E-state index is -0.259. The van der Waals surface area contributed by atoms with Gasteiger partial charge in [-0.2, -0.15) is 0 Å². The second-order valence-corrected chi connectivity index (χ2v) is 8.43. The standard InChI is InChI=1S/C26H26ClFN2O3/c1-32-24-13-18-10-11-30(16-17-6-8-21(28)9-7-17)23(22(18)14-25(24)33-2)15-29-26(31)19-4-3-5-20(27)12-19/h3-9,12-14,23H,10-11,15-16H2,1-2H3,(H,29,31)/t23-/m0/s1. The third-order valence-corrected chi connectivity index (χ3v) is 6.19. The molecule has 1 N–H and O–H groups in total. The summed E-state index contributed by atoms with van der Waals surface area (Å²) in [5, 5.41) is 3.57. The van der Waals surface area contributed by atoms with E-state index in [1.165, 1.54) is 12.1 Å².